The van der Waals surface area contributed by atoms with Crippen molar-refractivity contribution in [1.82, 2.24) is 5.32 Å². The van der Waals surface area contributed by atoms with Crippen molar-refractivity contribution in [3.8, 4) is 11.5 Å². The van der Waals surface area contributed by atoms with Gasteiger partial charge in [-0.2, -0.15) is 0 Å². The van der Waals surface area contributed by atoms with Crippen LogP contribution in [0.5, 0.6) is 11.5 Å². The number of nitrogens with one attached hydrogen (secondary N) is 2. The molecule has 6 nitrogen and oxygen atoms in total. The number of rotatable bonds is 6. The number of hydrogen-bond donors (Lipinski definition) is 2. The van der Waals surface area contributed by atoms with Crippen LogP contribution >= 0.6 is 12.4 Å². The van der Waals surface area contributed by atoms with E-state index in [4.69, 9.17) is 4.74 Å². The highest BCUT2D eigenvalue weighted by atomic mass is 35.5. The van der Waals surface area contributed by atoms with Crippen LogP contribution in [0, 0.1) is 11.8 Å². The smallest absolute Gasteiger partial charge is 0.227 e. The molecule has 0 aromatic heterocycles. The van der Waals surface area contributed by atoms with Gasteiger partial charge in [-0.05, 0) is 61.5 Å². The number of hydrogen-bond acceptors (Lipinski definition) is 5. The zero-order valence-electron chi connectivity index (χ0n) is 15.1. The minimum absolute atomic E-state index is 0. The van der Waals surface area contributed by atoms with E-state index in [2.05, 4.69) is 10.6 Å². The molecule has 1 aliphatic heterocycles. The summed E-state index contributed by atoms with van der Waals surface area (Å²) in [5.74, 6) is 1.36. The van der Waals surface area contributed by atoms with Gasteiger partial charge < -0.3 is 15.4 Å². The molecule has 146 valence electrons. The predicted octanol–water partition coefficient (Wildman–Crippen LogP) is 3.10. The Hall–Kier alpha value is -2.09. The zero-order chi connectivity index (χ0) is 18.7. The third-order valence-electron chi connectivity index (χ3n) is 4.52. The van der Waals surface area contributed by atoms with Gasteiger partial charge in [0.15, 0.2) is 9.84 Å². The molecule has 1 fully saturated rings. The van der Waals surface area contributed by atoms with Crippen molar-refractivity contribution in [2.75, 3.05) is 24.7 Å². The molecule has 0 spiro atoms. The van der Waals surface area contributed by atoms with Gasteiger partial charge in [0, 0.05) is 17.9 Å². The van der Waals surface area contributed by atoms with Crippen LogP contribution in [0.1, 0.15) is 6.92 Å². The number of carbonyl (C=O) groups is 1. The molecule has 1 unspecified atom stereocenters. The van der Waals surface area contributed by atoms with Crippen LogP contribution < -0.4 is 15.4 Å². The molecule has 1 aliphatic rings. The predicted molar refractivity (Wildman–Crippen MR) is 107 cm³/mol. The standard InChI is InChI=1S/C19H22N2O4S.ClH/c1-13(14-11-20-12-14)19(22)21-15-6-8-16(9-7-15)25-17-4-3-5-18(10-17)26(2,23)24;/h3-10,13-14,20H,11-12H2,1-2H3,(H,21,22);1H. The highest BCUT2D eigenvalue weighted by molar-refractivity contribution is 7.90. The number of anilines is 1. The maximum atomic E-state index is 12.2. The van der Waals surface area contributed by atoms with Crippen molar-refractivity contribution in [1.29, 1.82) is 0 Å². The normalized spacial score (nSPS) is 15.2. The number of ether oxygens (including phenoxy) is 1. The first kappa shape index (κ1) is 21.2. The molecule has 1 saturated heterocycles. The van der Waals surface area contributed by atoms with Crippen molar-refractivity contribution < 1.29 is 17.9 Å². The number of amides is 1. The first-order valence-corrected chi connectivity index (χ1v) is 10.3. The van der Waals surface area contributed by atoms with Crippen LogP contribution in [-0.4, -0.2) is 33.7 Å². The molecule has 1 heterocycles. The highest BCUT2D eigenvalue weighted by Crippen LogP contribution is 2.26. The number of sulfone groups is 1. The molecular weight excluding hydrogens is 388 g/mol. The Morgan fingerprint density at radius 3 is 2.37 bits per heavy atom. The number of halogens is 1. The van der Waals surface area contributed by atoms with Gasteiger partial charge in [0.05, 0.1) is 4.90 Å². The first-order valence-electron chi connectivity index (χ1n) is 8.42. The summed E-state index contributed by atoms with van der Waals surface area (Å²) in [5, 5.41) is 6.08. The Morgan fingerprint density at radius 2 is 1.81 bits per heavy atom. The molecular formula is C19H23ClN2O4S. The molecule has 1 atom stereocenters. The van der Waals surface area contributed by atoms with E-state index in [1.807, 2.05) is 6.92 Å². The summed E-state index contributed by atoms with van der Waals surface area (Å²) < 4.78 is 28.9. The largest absolute Gasteiger partial charge is 0.457 e. The van der Waals surface area contributed by atoms with Crippen LogP contribution in [0.3, 0.4) is 0 Å². The molecule has 0 aliphatic carbocycles. The molecule has 0 bridgehead atoms. The summed E-state index contributed by atoms with van der Waals surface area (Å²) >= 11 is 0. The van der Waals surface area contributed by atoms with Crippen molar-refractivity contribution in [2.45, 2.75) is 11.8 Å². The average molecular weight is 411 g/mol. The summed E-state index contributed by atoms with van der Waals surface area (Å²) in [6.07, 6.45) is 1.16. The third-order valence-corrected chi connectivity index (χ3v) is 5.64. The molecule has 0 radical (unpaired) electrons. The van der Waals surface area contributed by atoms with Gasteiger partial charge in [-0.25, -0.2) is 8.42 Å². The second-order valence-corrected chi connectivity index (χ2v) is 8.59. The minimum atomic E-state index is -3.28. The summed E-state index contributed by atoms with van der Waals surface area (Å²) in [6, 6.07) is 13.3. The molecule has 3 rings (SSSR count). The second kappa shape index (κ2) is 8.73. The minimum Gasteiger partial charge on any atom is -0.457 e. The fourth-order valence-electron chi connectivity index (χ4n) is 2.65. The van der Waals surface area contributed by atoms with E-state index >= 15 is 0 Å². The van der Waals surface area contributed by atoms with Gasteiger partial charge in [0.25, 0.3) is 0 Å². The van der Waals surface area contributed by atoms with Gasteiger partial charge in [-0.15, -0.1) is 12.4 Å². The van der Waals surface area contributed by atoms with Crippen molar-refractivity contribution in [3.05, 3.63) is 48.5 Å². The van der Waals surface area contributed by atoms with E-state index in [0.29, 0.717) is 23.1 Å². The molecule has 27 heavy (non-hydrogen) atoms. The Labute approximate surface area is 165 Å². The van der Waals surface area contributed by atoms with Crippen LogP contribution in [0.25, 0.3) is 0 Å². The molecule has 8 heteroatoms. The summed E-state index contributed by atoms with van der Waals surface area (Å²) in [6.45, 7) is 3.70. The monoisotopic (exact) mass is 410 g/mol. The lowest BCUT2D eigenvalue weighted by atomic mass is 9.88. The fraction of sp³-hybridized carbons (Fsp3) is 0.316. The average Bonchev–Trinajstić information content (AvgIpc) is 2.54. The van der Waals surface area contributed by atoms with E-state index in [1.165, 1.54) is 12.1 Å². The lowest BCUT2D eigenvalue weighted by molar-refractivity contribution is -0.121. The van der Waals surface area contributed by atoms with Gasteiger partial charge in [-0.1, -0.05) is 13.0 Å². The molecule has 2 aromatic rings. The van der Waals surface area contributed by atoms with Gasteiger partial charge in [0.1, 0.15) is 11.5 Å². The number of carbonyl (C=O) groups excluding carboxylic acids is 1. The van der Waals surface area contributed by atoms with Crippen molar-refractivity contribution in [3.63, 3.8) is 0 Å². The highest BCUT2D eigenvalue weighted by Gasteiger charge is 2.28. The first-order chi connectivity index (χ1) is 12.3. The van der Waals surface area contributed by atoms with Crippen molar-refractivity contribution >= 4 is 33.8 Å². The van der Waals surface area contributed by atoms with Crippen LogP contribution in [0.2, 0.25) is 0 Å². The van der Waals surface area contributed by atoms with E-state index in [-0.39, 0.29) is 29.1 Å². The fourth-order valence-corrected chi connectivity index (χ4v) is 3.30. The van der Waals surface area contributed by atoms with Crippen molar-refractivity contribution in [2.24, 2.45) is 11.8 Å². The maximum absolute atomic E-state index is 12.2. The molecule has 0 saturated carbocycles. The Balaban J connectivity index is 0.00000261. The van der Waals surface area contributed by atoms with Gasteiger partial charge in [0.2, 0.25) is 5.91 Å². The van der Waals surface area contributed by atoms with Gasteiger partial charge in [-0.3, -0.25) is 4.79 Å². The van der Waals surface area contributed by atoms with E-state index < -0.39 is 9.84 Å². The summed E-state index contributed by atoms with van der Waals surface area (Å²) in [7, 11) is -3.28. The topological polar surface area (TPSA) is 84.5 Å². The Bertz CT molecular complexity index is 896. The Kier molecular flexibility index (Phi) is 6.86. The van der Waals surface area contributed by atoms with E-state index in [0.717, 1.165) is 19.3 Å². The van der Waals surface area contributed by atoms with Crippen LogP contribution in [-0.2, 0) is 14.6 Å². The molecule has 1 amide bonds. The van der Waals surface area contributed by atoms with E-state index in [9.17, 15) is 13.2 Å². The maximum Gasteiger partial charge on any atom is 0.227 e. The van der Waals surface area contributed by atoms with Gasteiger partial charge >= 0.3 is 0 Å². The quantitative estimate of drug-likeness (QED) is 0.764. The Morgan fingerprint density at radius 1 is 1.15 bits per heavy atom. The second-order valence-electron chi connectivity index (χ2n) is 6.57. The molecule has 2 N–H and O–H groups in total. The van der Waals surface area contributed by atoms with E-state index in [1.54, 1.807) is 36.4 Å². The number of benzene rings is 2. The van der Waals surface area contributed by atoms with Crippen LogP contribution in [0.15, 0.2) is 53.4 Å². The third kappa shape index (κ3) is 5.45. The van der Waals surface area contributed by atoms with Crippen LogP contribution in [0.4, 0.5) is 5.69 Å². The zero-order valence-corrected chi connectivity index (χ0v) is 16.8. The lowest BCUT2D eigenvalue weighted by Crippen LogP contribution is -2.48. The summed E-state index contributed by atoms with van der Waals surface area (Å²) in [5.41, 5.74) is 0.700. The lowest BCUT2D eigenvalue weighted by Gasteiger charge is -2.31. The SMILES string of the molecule is CC(C(=O)Nc1ccc(Oc2cccc(S(C)(=O)=O)c2)cc1)C1CNC1.Cl. The summed E-state index contributed by atoms with van der Waals surface area (Å²) in [4.78, 5) is 12.4. The molecule has 2 aromatic carbocycles.